The smallest absolute Gasteiger partial charge is 0.303 e. The van der Waals surface area contributed by atoms with Gasteiger partial charge >= 0.3 is 12.4 Å². The SMILES string of the molecule is FC(F)(F)c1cc(C2CCN(CCC3C=CC=C4SCCC43)CC2)cc(C(F)(F)F)c1. The zero-order chi connectivity index (χ0) is 22.2. The van der Waals surface area contributed by atoms with E-state index in [0.29, 0.717) is 37.8 Å². The van der Waals surface area contributed by atoms with E-state index in [1.807, 2.05) is 11.8 Å². The maximum atomic E-state index is 13.1. The van der Waals surface area contributed by atoms with E-state index in [1.54, 1.807) is 0 Å². The molecule has 3 aliphatic rings. The van der Waals surface area contributed by atoms with Crippen LogP contribution in [0.3, 0.4) is 0 Å². The first kappa shape index (κ1) is 22.8. The molecule has 2 atom stereocenters. The monoisotopic (exact) mass is 461 g/mol. The Kier molecular flexibility index (Phi) is 6.50. The second kappa shape index (κ2) is 8.85. The van der Waals surface area contributed by atoms with E-state index in [0.717, 1.165) is 30.9 Å². The fourth-order valence-corrected chi connectivity index (χ4v) is 6.20. The topological polar surface area (TPSA) is 3.24 Å². The van der Waals surface area contributed by atoms with Crippen LogP contribution in [-0.2, 0) is 12.4 Å². The van der Waals surface area contributed by atoms with Gasteiger partial charge in [-0.1, -0.05) is 18.2 Å². The van der Waals surface area contributed by atoms with Gasteiger partial charge in [-0.25, -0.2) is 0 Å². The average Bonchev–Trinajstić information content (AvgIpc) is 3.20. The van der Waals surface area contributed by atoms with Crippen LogP contribution in [0.4, 0.5) is 26.3 Å². The van der Waals surface area contributed by atoms with Gasteiger partial charge in [0.1, 0.15) is 0 Å². The van der Waals surface area contributed by atoms with E-state index >= 15 is 0 Å². The molecule has 2 saturated heterocycles. The number of fused-ring (bicyclic) bond motifs is 1. The van der Waals surface area contributed by atoms with Crippen molar-refractivity contribution in [1.29, 1.82) is 0 Å². The molecular weight excluding hydrogens is 436 g/mol. The van der Waals surface area contributed by atoms with Gasteiger partial charge in [0.25, 0.3) is 0 Å². The van der Waals surface area contributed by atoms with Crippen molar-refractivity contribution in [2.75, 3.05) is 25.4 Å². The molecule has 0 spiro atoms. The van der Waals surface area contributed by atoms with Crippen LogP contribution in [0.2, 0.25) is 0 Å². The third-order valence-corrected chi connectivity index (χ3v) is 7.86. The molecule has 31 heavy (non-hydrogen) atoms. The molecule has 2 unspecified atom stereocenters. The van der Waals surface area contributed by atoms with Crippen molar-refractivity contribution in [3.63, 3.8) is 0 Å². The van der Waals surface area contributed by atoms with E-state index < -0.39 is 23.5 Å². The predicted octanol–water partition coefficient (Wildman–Crippen LogP) is 7.12. The number of alkyl halides is 6. The zero-order valence-corrected chi connectivity index (χ0v) is 17.8. The van der Waals surface area contributed by atoms with Gasteiger partial charge in [0.2, 0.25) is 0 Å². The molecule has 8 heteroatoms. The first-order valence-electron chi connectivity index (χ1n) is 10.6. The van der Waals surface area contributed by atoms with Crippen molar-refractivity contribution >= 4 is 11.8 Å². The lowest BCUT2D eigenvalue weighted by molar-refractivity contribution is -0.143. The molecule has 0 radical (unpaired) electrons. The van der Waals surface area contributed by atoms with Gasteiger partial charge in [0.05, 0.1) is 11.1 Å². The highest BCUT2D eigenvalue weighted by Gasteiger charge is 2.38. The summed E-state index contributed by atoms with van der Waals surface area (Å²) < 4.78 is 78.9. The molecular formula is C23H25F6NS. The fourth-order valence-electron chi connectivity index (χ4n) is 4.91. The van der Waals surface area contributed by atoms with Crippen LogP contribution in [0.15, 0.2) is 41.3 Å². The fraction of sp³-hybridized carbons (Fsp3) is 0.565. The maximum absolute atomic E-state index is 13.1. The molecule has 0 N–H and O–H groups in total. The second-order valence-electron chi connectivity index (χ2n) is 8.61. The molecule has 2 heterocycles. The van der Waals surface area contributed by atoms with E-state index in [9.17, 15) is 26.3 Å². The van der Waals surface area contributed by atoms with Crippen LogP contribution in [0.1, 0.15) is 48.3 Å². The van der Waals surface area contributed by atoms with Crippen LogP contribution < -0.4 is 0 Å². The molecule has 2 aliphatic heterocycles. The summed E-state index contributed by atoms with van der Waals surface area (Å²) in [6.07, 6.45) is 0.394. The third-order valence-electron chi connectivity index (χ3n) is 6.65. The number of hydrogen-bond donors (Lipinski definition) is 0. The predicted molar refractivity (Wildman–Crippen MR) is 111 cm³/mol. The summed E-state index contributed by atoms with van der Waals surface area (Å²) in [6.45, 7) is 2.30. The molecule has 1 aromatic carbocycles. The lowest BCUT2D eigenvalue weighted by atomic mass is 9.83. The highest BCUT2D eigenvalue weighted by atomic mass is 32.2. The van der Waals surface area contributed by atoms with E-state index in [4.69, 9.17) is 0 Å². The number of thioether (sulfide) groups is 1. The van der Waals surface area contributed by atoms with Gasteiger partial charge in [-0.05, 0) is 97.5 Å². The lowest BCUT2D eigenvalue weighted by Gasteiger charge is -2.34. The molecule has 170 valence electrons. The average molecular weight is 462 g/mol. The van der Waals surface area contributed by atoms with E-state index in [2.05, 4.69) is 23.1 Å². The van der Waals surface area contributed by atoms with Crippen LogP contribution >= 0.6 is 11.8 Å². The van der Waals surface area contributed by atoms with Crippen LogP contribution in [0, 0.1) is 11.8 Å². The molecule has 2 fully saturated rings. The summed E-state index contributed by atoms with van der Waals surface area (Å²) in [5.74, 6) is 2.01. The molecule has 1 nitrogen and oxygen atoms in total. The van der Waals surface area contributed by atoms with Crippen molar-refractivity contribution in [3.8, 4) is 0 Å². The summed E-state index contributed by atoms with van der Waals surface area (Å²) in [6, 6.07) is 2.00. The molecule has 0 saturated carbocycles. The van der Waals surface area contributed by atoms with Gasteiger partial charge in [-0.15, -0.1) is 11.8 Å². The lowest BCUT2D eigenvalue weighted by Crippen LogP contribution is -2.35. The van der Waals surface area contributed by atoms with Crippen LogP contribution in [0.25, 0.3) is 0 Å². The Morgan fingerprint density at radius 3 is 2.16 bits per heavy atom. The van der Waals surface area contributed by atoms with Crippen molar-refractivity contribution in [2.24, 2.45) is 11.8 Å². The Morgan fingerprint density at radius 2 is 1.55 bits per heavy atom. The van der Waals surface area contributed by atoms with Crippen molar-refractivity contribution in [3.05, 3.63) is 58.0 Å². The van der Waals surface area contributed by atoms with Gasteiger partial charge in [0.15, 0.2) is 0 Å². The number of likely N-dealkylation sites (tertiary alicyclic amines) is 1. The minimum absolute atomic E-state index is 0.148. The van der Waals surface area contributed by atoms with Crippen LogP contribution in [-0.4, -0.2) is 30.3 Å². The Balaban J connectivity index is 1.37. The Labute approximate surface area is 182 Å². The summed E-state index contributed by atoms with van der Waals surface area (Å²) in [5, 5.41) is 0. The van der Waals surface area contributed by atoms with Crippen LogP contribution in [0.5, 0.6) is 0 Å². The summed E-state index contributed by atoms with van der Waals surface area (Å²) in [7, 11) is 0. The molecule has 1 aliphatic carbocycles. The van der Waals surface area contributed by atoms with Crippen molar-refractivity contribution in [1.82, 2.24) is 4.90 Å². The number of benzene rings is 1. The summed E-state index contributed by atoms with van der Waals surface area (Å²) in [4.78, 5) is 3.76. The number of halogens is 6. The third kappa shape index (κ3) is 5.33. The Morgan fingerprint density at radius 1 is 0.903 bits per heavy atom. The highest BCUT2D eigenvalue weighted by molar-refractivity contribution is 8.03. The van der Waals surface area contributed by atoms with Gasteiger partial charge in [-0.3, -0.25) is 0 Å². The summed E-state index contributed by atoms with van der Waals surface area (Å²) >= 11 is 1.93. The standard InChI is InChI=1S/C23H25F6NS/c24-22(25,26)18-12-17(13-19(14-18)23(27,28)29)15-4-8-30(9-5-15)10-6-16-2-1-3-21-20(16)7-11-31-21/h1-3,12-16,20H,4-11H2. The largest absolute Gasteiger partial charge is 0.416 e. The second-order valence-corrected chi connectivity index (χ2v) is 9.77. The molecule has 4 rings (SSSR count). The normalized spacial score (nSPS) is 25.5. The number of nitrogens with zero attached hydrogens (tertiary/aromatic N) is 1. The minimum Gasteiger partial charge on any atom is -0.303 e. The molecule has 0 bridgehead atoms. The van der Waals surface area contributed by atoms with Crippen molar-refractivity contribution in [2.45, 2.75) is 44.0 Å². The van der Waals surface area contributed by atoms with Gasteiger partial charge < -0.3 is 4.90 Å². The Hall–Kier alpha value is -1.41. The van der Waals surface area contributed by atoms with Crippen molar-refractivity contribution < 1.29 is 26.3 Å². The number of allylic oxidation sites excluding steroid dienone is 4. The number of hydrogen-bond acceptors (Lipinski definition) is 2. The van der Waals surface area contributed by atoms with E-state index in [1.165, 1.54) is 11.3 Å². The summed E-state index contributed by atoms with van der Waals surface area (Å²) in [5.41, 5.74) is -2.29. The highest BCUT2D eigenvalue weighted by Crippen LogP contribution is 2.44. The molecule has 0 aromatic heterocycles. The minimum atomic E-state index is -4.80. The first-order valence-corrected chi connectivity index (χ1v) is 11.6. The molecule has 0 amide bonds. The molecule has 1 aromatic rings. The first-order chi connectivity index (χ1) is 14.6. The quantitative estimate of drug-likeness (QED) is 0.440. The number of rotatable bonds is 4. The number of piperidine rings is 1. The zero-order valence-electron chi connectivity index (χ0n) is 17.0. The maximum Gasteiger partial charge on any atom is 0.416 e. The Bertz CT molecular complexity index is 816. The van der Waals surface area contributed by atoms with Gasteiger partial charge in [0, 0.05) is 0 Å². The van der Waals surface area contributed by atoms with E-state index in [-0.39, 0.29) is 17.5 Å². The van der Waals surface area contributed by atoms with Gasteiger partial charge in [-0.2, -0.15) is 26.3 Å².